The summed E-state index contributed by atoms with van der Waals surface area (Å²) in [6.07, 6.45) is 2.31. The first-order valence-electron chi connectivity index (χ1n) is 10.7. The van der Waals surface area contributed by atoms with Crippen LogP contribution in [-0.4, -0.2) is 69.8 Å². The van der Waals surface area contributed by atoms with Crippen molar-refractivity contribution >= 4 is 47.2 Å². The van der Waals surface area contributed by atoms with E-state index < -0.39 is 0 Å². The highest BCUT2D eigenvalue weighted by molar-refractivity contribution is 14.0. The molecule has 1 aliphatic rings. The minimum atomic E-state index is -0.176. The lowest BCUT2D eigenvalue weighted by Crippen LogP contribution is -2.46. The molecule has 0 bridgehead atoms. The third-order valence-electron chi connectivity index (χ3n) is 5.26. The van der Waals surface area contributed by atoms with Gasteiger partial charge >= 0.3 is 0 Å². The SMILES string of the molecule is CN=C(NCCCNC(=O)c1occc1C)NCC(c1ccc(C)s1)N1CCOCC1.I. The van der Waals surface area contributed by atoms with Crippen molar-refractivity contribution in [2.24, 2.45) is 4.99 Å². The van der Waals surface area contributed by atoms with Crippen molar-refractivity contribution in [2.75, 3.05) is 53.0 Å². The van der Waals surface area contributed by atoms with Crippen LogP contribution < -0.4 is 16.0 Å². The zero-order chi connectivity index (χ0) is 22.1. The monoisotopic (exact) mass is 575 g/mol. The molecule has 1 fully saturated rings. The molecule has 1 aliphatic heterocycles. The number of hydrogen-bond donors (Lipinski definition) is 3. The first kappa shape index (κ1) is 26.6. The van der Waals surface area contributed by atoms with E-state index in [0.29, 0.717) is 18.8 Å². The Hall–Kier alpha value is -1.63. The summed E-state index contributed by atoms with van der Waals surface area (Å²) in [6, 6.07) is 6.48. The molecule has 1 saturated heterocycles. The molecule has 0 aliphatic carbocycles. The molecule has 8 nitrogen and oxygen atoms in total. The van der Waals surface area contributed by atoms with Crippen molar-refractivity contribution in [3.63, 3.8) is 0 Å². The smallest absolute Gasteiger partial charge is 0.287 e. The Kier molecular flexibility index (Phi) is 11.5. The molecule has 1 unspecified atom stereocenters. The first-order chi connectivity index (χ1) is 15.1. The standard InChI is InChI=1S/C22H33N5O3S.HI/c1-16-7-12-30-20(16)21(28)24-8-4-9-25-22(23-3)26-15-18(19-6-5-17(2)31-19)27-10-13-29-14-11-27;/h5-7,12,18H,4,8-11,13-15H2,1-3H3,(H,24,28)(H2,23,25,26);1H. The summed E-state index contributed by atoms with van der Waals surface area (Å²) in [5.41, 5.74) is 0.844. The molecule has 10 heteroatoms. The Bertz CT molecular complexity index is 863. The molecule has 0 radical (unpaired) electrons. The van der Waals surface area contributed by atoms with Gasteiger partial charge in [-0.1, -0.05) is 0 Å². The molecular weight excluding hydrogens is 541 g/mol. The van der Waals surface area contributed by atoms with Gasteiger partial charge in [-0.2, -0.15) is 0 Å². The van der Waals surface area contributed by atoms with Crippen molar-refractivity contribution in [2.45, 2.75) is 26.3 Å². The second-order valence-corrected chi connectivity index (χ2v) is 8.85. The van der Waals surface area contributed by atoms with E-state index in [1.165, 1.54) is 16.0 Å². The fraction of sp³-hybridized carbons (Fsp3) is 0.545. The number of carbonyl (C=O) groups excluding carboxylic acids is 1. The van der Waals surface area contributed by atoms with Gasteiger partial charge in [-0.05, 0) is 38.5 Å². The molecule has 2 aromatic rings. The first-order valence-corrected chi connectivity index (χ1v) is 11.5. The lowest BCUT2D eigenvalue weighted by atomic mass is 10.2. The zero-order valence-corrected chi connectivity index (χ0v) is 22.1. The summed E-state index contributed by atoms with van der Waals surface area (Å²) in [4.78, 5) is 21.6. The predicted octanol–water partition coefficient (Wildman–Crippen LogP) is 2.93. The van der Waals surface area contributed by atoms with Crippen molar-refractivity contribution in [3.05, 3.63) is 45.5 Å². The van der Waals surface area contributed by atoms with E-state index >= 15 is 0 Å². The number of aryl methyl sites for hydroxylation is 2. The van der Waals surface area contributed by atoms with E-state index in [0.717, 1.165) is 50.8 Å². The number of halogens is 1. The molecule has 178 valence electrons. The molecule has 3 rings (SSSR count). The average Bonchev–Trinajstić information content (AvgIpc) is 3.41. The van der Waals surface area contributed by atoms with Gasteiger partial charge in [0.05, 0.1) is 25.5 Å². The Morgan fingerprint density at radius 3 is 2.53 bits per heavy atom. The summed E-state index contributed by atoms with van der Waals surface area (Å²) in [6.45, 7) is 9.46. The zero-order valence-electron chi connectivity index (χ0n) is 19.0. The number of guanidine groups is 1. The number of amides is 1. The number of morpholine rings is 1. The van der Waals surface area contributed by atoms with E-state index in [1.807, 2.05) is 18.3 Å². The van der Waals surface area contributed by atoms with E-state index in [4.69, 9.17) is 9.15 Å². The van der Waals surface area contributed by atoms with Crippen molar-refractivity contribution in [3.8, 4) is 0 Å². The molecule has 0 aromatic carbocycles. The highest BCUT2D eigenvalue weighted by Gasteiger charge is 2.24. The predicted molar refractivity (Wildman–Crippen MR) is 139 cm³/mol. The summed E-state index contributed by atoms with van der Waals surface area (Å²) in [7, 11) is 1.77. The maximum atomic E-state index is 12.1. The Balaban J connectivity index is 0.00000363. The molecule has 1 atom stereocenters. The molecule has 2 aromatic heterocycles. The van der Waals surface area contributed by atoms with Crippen molar-refractivity contribution in [1.29, 1.82) is 0 Å². The number of thiophene rings is 1. The maximum Gasteiger partial charge on any atom is 0.287 e. The van der Waals surface area contributed by atoms with Crippen LogP contribution in [0.4, 0.5) is 0 Å². The number of rotatable bonds is 9. The number of nitrogens with zero attached hydrogens (tertiary/aromatic N) is 2. The van der Waals surface area contributed by atoms with Gasteiger partial charge in [0, 0.05) is 55.1 Å². The second kappa shape index (κ2) is 13.8. The number of furan rings is 1. The number of hydrogen-bond acceptors (Lipinski definition) is 6. The molecule has 32 heavy (non-hydrogen) atoms. The van der Waals surface area contributed by atoms with Crippen LogP contribution in [0.2, 0.25) is 0 Å². The highest BCUT2D eigenvalue weighted by atomic mass is 127. The number of aliphatic imine (C=N–C) groups is 1. The normalized spacial score (nSPS) is 15.7. The van der Waals surface area contributed by atoms with E-state index in [2.05, 4.69) is 44.9 Å². The van der Waals surface area contributed by atoms with Crippen molar-refractivity contribution in [1.82, 2.24) is 20.9 Å². The maximum absolute atomic E-state index is 12.1. The van der Waals surface area contributed by atoms with Crippen LogP contribution in [0, 0.1) is 13.8 Å². The summed E-state index contributed by atoms with van der Waals surface area (Å²) in [5.74, 6) is 0.966. The average molecular weight is 576 g/mol. The Morgan fingerprint density at radius 2 is 1.91 bits per heavy atom. The number of carbonyl (C=O) groups is 1. The van der Waals surface area contributed by atoms with Crippen LogP contribution in [0.3, 0.4) is 0 Å². The van der Waals surface area contributed by atoms with Crippen LogP contribution in [0.15, 0.2) is 33.9 Å². The molecular formula is C22H34IN5O3S. The fourth-order valence-electron chi connectivity index (χ4n) is 3.53. The van der Waals surface area contributed by atoms with Gasteiger partial charge in [-0.25, -0.2) is 0 Å². The minimum absolute atomic E-state index is 0. The topological polar surface area (TPSA) is 91.1 Å². The number of nitrogens with one attached hydrogen (secondary N) is 3. The van der Waals surface area contributed by atoms with Crippen LogP contribution in [-0.2, 0) is 4.74 Å². The molecule has 0 saturated carbocycles. The lowest BCUT2D eigenvalue weighted by Gasteiger charge is -2.34. The Morgan fingerprint density at radius 1 is 1.16 bits per heavy atom. The van der Waals surface area contributed by atoms with Gasteiger partial charge in [-0.15, -0.1) is 35.3 Å². The molecule has 3 N–H and O–H groups in total. The lowest BCUT2D eigenvalue weighted by molar-refractivity contribution is 0.0177. The highest BCUT2D eigenvalue weighted by Crippen LogP contribution is 2.27. The van der Waals surface area contributed by atoms with Gasteiger partial charge in [0.2, 0.25) is 0 Å². The fourth-order valence-corrected chi connectivity index (χ4v) is 4.54. The second-order valence-electron chi connectivity index (χ2n) is 7.53. The largest absolute Gasteiger partial charge is 0.459 e. The number of ether oxygens (including phenoxy) is 1. The van der Waals surface area contributed by atoms with Gasteiger partial charge in [0.25, 0.3) is 5.91 Å². The van der Waals surface area contributed by atoms with Crippen molar-refractivity contribution < 1.29 is 13.9 Å². The van der Waals surface area contributed by atoms with Gasteiger partial charge in [0.1, 0.15) is 0 Å². The summed E-state index contributed by atoms with van der Waals surface area (Å²) in [5, 5.41) is 9.68. The minimum Gasteiger partial charge on any atom is -0.459 e. The van der Waals surface area contributed by atoms with Gasteiger partial charge in [-0.3, -0.25) is 14.7 Å². The van der Waals surface area contributed by atoms with Crippen LogP contribution in [0.25, 0.3) is 0 Å². The summed E-state index contributed by atoms with van der Waals surface area (Å²) < 4.78 is 10.7. The van der Waals surface area contributed by atoms with Gasteiger partial charge in [0.15, 0.2) is 11.7 Å². The van der Waals surface area contributed by atoms with E-state index in [-0.39, 0.29) is 35.9 Å². The summed E-state index contributed by atoms with van der Waals surface area (Å²) >= 11 is 1.85. The third-order valence-corrected chi connectivity index (χ3v) is 6.36. The molecule has 3 heterocycles. The molecule has 0 spiro atoms. The third kappa shape index (κ3) is 7.75. The Labute approximate surface area is 211 Å². The van der Waals surface area contributed by atoms with Crippen LogP contribution in [0.5, 0.6) is 0 Å². The molecule has 1 amide bonds. The van der Waals surface area contributed by atoms with Crippen LogP contribution in [0.1, 0.15) is 38.3 Å². The van der Waals surface area contributed by atoms with Gasteiger partial charge < -0.3 is 25.1 Å². The van der Waals surface area contributed by atoms with E-state index in [9.17, 15) is 4.79 Å². The van der Waals surface area contributed by atoms with E-state index in [1.54, 1.807) is 13.1 Å². The van der Waals surface area contributed by atoms with Crippen LogP contribution >= 0.6 is 35.3 Å². The quantitative estimate of drug-likeness (QED) is 0.185.